The molecule has 0 unspecified atom stereocenters. The Kier molecular flexibility index (Phi) is 7.62. The summed E-state index contributed by atoms with van der Waals surface area (Å²) in [4.78, 5) is 32.7. The Bertz CT molecular complexity index is 1210. The minimum atomic E-state index is -5.00. The average Bonchev–Trinajstić information content (AvgIpc) is 2.86. The second-order valence-electron chi connectivity index (χ2n) is 9.63. The molecule has 5 nitrogen and oxygen atoms in total. The summed E-state index contributed by atoms with van der Waals surface area (Å²) in [5.41, 5.74) is 2.27. The van der Waals surface area contributed by atoms with E-state index in [1.54, 1.807) is 35.4 Å². The molecule has 2 aromatic carbocycles. The minimum Gasteiger partial charge on any atom is -0.339 e. The fourth-order valence-electron chi connectivity index (χ4n) is 5.02. The molecular formula is C28H30F3N3O2. The zero-order chi connectivity index (χ0) is 25.9. The Morgan fingerprint density at radius 2 is 1.75 bits per heavy atom. The van der Waals surface area contributed by atoms with Crippen molar-refractivity contribution in [2.24, 2.45) is 5.92 Å². The van der Waals surface area contributed by atoms with E-state index in [1.165, 1.54) is 0 Å². The first-order valence-corrected chi connectivity index (χ1v) is 12.2. The lowest BCUT2D eigenvalue weighted by Gasteiger charge is -2.44. The van der Waals surface area contributed by atoms with Gasteiger partial charge in [-0.1, -0.05) is 62.4 Å². The third-order valence-corrected chi connectivity index (χ3v) is 6.80. The maximum Gasteiger partial charge on any atom is 0.471 e. The number of hydrogen-bond acceptors (Lipinski definition) is 3. The number of pyridine rings is 1. The number of nitrogens with zero attached hydrogens (tertiary/aromatic N) is 3. The van der Waals surface area contributed by atoms with Crippen molar-refractivity contribution in [1.29, 1.82) is 0 Å². The van der Waals surface area contributed by atoms with E-state index in [0.717, 1.165) is 10.5 Å². The number of rotatable bonds is 6. The summed E-state index contributed by atoms with van der Waals surface area (Å²) < 4.78 is 41.3. The molecule has 36 heavy (non-hydrogen) atoms. The molecule has 8 heteroatoms. The molecule has 1 aliphatic rings. The third-order valence-electron chi connectivity index (χ3n) is 6.80. The summed E-state index contributed by atoms with van der Waals surface area (Å²) in [5, 5.41) is 0.716. The lowest BCUT2D eigenvalue weighted by molar-refractivity contribution is -0.190. The van der Waals surface area contributed by atoms with Gasteiger partial charge in [-0.25, -0.2) is 0 Å². The summed E-state index contributed by atoms with van der Waals surface area (Å²) in [6.07, 6.45) is -2.37. The standard InChI is InChI=1S/C28H30F3N3O2/c1-19(2)26(35)33-15-13-22(17-23(33)16-20-8-4-3-5-9-20)34(27(36)28(29,30)31)18-21-12-14-32-25-11-7-6-10-24(21)25/h3-12,14,19,22-23H,13,15-18H2,1-2H3/t22-,23+/m0/s1. The van der Waals surface area contributed by atoms with Crippen LogP contribution in [0.3, 0.4) is 0 Å². The average molecular weight is 498 g/mol. The largest absolute Gasteiger partial charge is 0.471 e. The Labute approximate surface area is 208 Å². The van der Waals surface area contributed by atoms with Crippen LogP contribution in [-0.2, 0) is 22.6 Å². The van der Waals surface area contributed by atoms with Crippen LogP contribution in [-0.4, -0.2) is 51.4 Å². The number of carbonyl (C=O) groups is 2. The molecule has 0 spiro atoms. The number of amides is 2. The molecule has 1 fully saturated rings. The molecule has 0 saturated carbocycles. The van der Waals surface area contributed by atoms with Gasteiger partial charge in [-0.2, -0.15) is 13.2 Å². The molecule has 2 heterocycles. The molecule has 190 valence electrons. The first-order valence-electron chi connectivity index (χ1n) is 12.2. The van der Waals surface area contributed by atoms with Crippen LogP contribution in [0.4, 0.5) is 13.2 Å². The van der Waals surface area contributed by atoms with Gasteiger partial charge >= 0.3 is 12.1 Å². The van der Waals surface area contributed by atoms with Crippen LogP contribution in [0.25, 0.3) is 10.9 Å². The number of aromatic nitrogens is 1. The van der Waals surface area contributed by atoms with E-state index in [1.807, 2.05) is 50.2 Å². The number of hydrogen-bond donors (Lipinski definition) is 0. The van der Waals surface area contributed by atoms with Gasteiger partial charge in [0, 0.05) is 42.7 Å². The number of para-hydroxylation sites is 1. The third kappa shape index (κ3) is 5.69. The minimum absolute atomic E-state index is 0.0248. The smallest absolute Gasteiger partial charge is 0.339 e. The Hall–Kier alpha value is -3.42. The quantitative estimate of drug-likeness (QED) is 0.459. The molecule has 0 aliphatic carbocycles. The number of fused-ring (bicyclic) bond motifs is 1. The Morgan fingerprint density at radius 3 is 2.44 bits per heavy atom. The van der Waals surface area contributed by atoms with Crippen LogP contribution in [0.2, 0.25) is 0 Å². The van der Waals surface area contributed by atoms with E-state index in [-0.39, 0.29) is 37.3 Å². The molecule has 1 saturated heterocycles. The normalized spacial score (nSPS) is 18.4. The maximum atomic E-state index is 13.8. The van der Waals surface area contributed by atoms with Crippen molar-refractivity contribution in [3.8, 4) is 0 Å². The number of alkyl halides is 3. The van der Waals surface area contributed by atoms with E-state index in [9.17, 15) is 22.8 Å². The molecule has 0 radical (unpaired) electrons. The van der Waals surface area contributed by atoms with Gasteiger partial charge in [-0.3, -0.25) is 14.6 Å². The van der Waals surface area contributed by atoms with Crippen molar-refractivity contribution < 1.29 is 22.8 Å². The first kappa shape index (κ1) is 25.7. The van der Waals surface area contributed by atoms with Crippen LogP contribution >= 0.6 is 0 Å². The van der Waals surface area contributed by atoms with Gasteiger partial charge < -0.3 is 9.80 Å². The van der Waals surface area contributed by atoms with E-state index >= 15 is 0 Å². The molecular weight excluding hydrogens is 467 g/mol. The molecule has 2 atom stereocenters. The number of piperidine rings is 1. The highest BCUT2D eigenvalue weighted by molar-refractivity contribution is 5.85. The van der Waals surface area contributed by atoms with E-state index in [2.05, 4.69) is 4.98 Å². The van der Waals surface area contributed by atoms with E-state index in [0.29, 0.717) is 29.4 Å². The Morgan fingerprint density at radius 1 is 1.06 bits per heavy atom. The lowest BCUT2D eigenvalue weighted by atomic mass is 9.89. The fraction of sp³-hybridized carbons (Fsp3) is 0.393. The van der Waals surface area contributed by atoms with Gasteiger partial charge in [-0.05, 0) is 42.5 Å². The van der Waals surface area contributed by atoms with Gasteiger partial charge in [0.2, 0.25) is 5.91 Å². The van der Waals surface area contributed by atoms with Crippen LogP contribution in [0, 0.1) is 5.92 Å². The molecule has 0 N–H and O–H groups in total. The predicted molar refractivity (Wildman–Crippen MR) is 132 cm³/mol. The number of carbonyl (C=O) groups excluding carboxylic acids is 2. The summed E-state index contributed by atoms with van der Waals surface area (Å²) in [6, 6.07) is 17.5. The maximum absolute atomic E-state index is 13.8. The van der Waals surface area contributed by atoms with E-state index < -0.39 is 18.1 Å². The van der Waals surface area contributed by atoms with Crippen molar-refractivity contribution in [1.82, 2.24) is 14.8 Å². The molecule has 1 aromatic heterocycles. The van der Waals surface area contributed by atoms with Crippen LogP contribution in [0.5, 0.6) is 0 Å². The van der Waals surface area contributed by atoms with Crippen molar-refractivity contribution in [2.45, 2.75) is 57.9 Å². The second kappa shape index (κ2) is 10.7. The molecule has 1 aliphatic heterocycles. The topological polar surface area (TPSA) is 53.5 Å². The fourth-order valence-corrected chi connectivity index (χ4v) is 5.02. The SMILES string of the molecule is CC(C)C(=O)N1CC[C@H](N(Cc2ccnc3ccccc23)C(=O)C(F)(F)F)C[C@H]1Cc1ccccc1. The monoisotopic (exact) mass is 497 g/mol. The summed E-state index contributed by atoms with van der Waals surface area (Å²) in [6.45, 7) is 3.77. The summed E-state index contributed by atoms with van der Waals surface area (Å²) >= 11 is 0. The predicted octanol–water partition coefficient (Wildman–Crippen LogP) is 5.38. The van der Waals surface area contributed by atoms with Crippen LogP contribution < -0.4 is 0 Å². The molecule has 3 aromatic rings. The molecule has 2 amide bonds. The number of benzene rings is 2. The highest BCUT2D eigenvalue weighted by Gasteiger charge is 2.46. The first-order chi connectivity index (χ1) is 17.1. The van der Waals surface area contributed by atoms with Gasteiger partial charge in [0.25, 0.3) is 0 Å². The summed E-state index contributed by atoms with van der Waals surface area (Å²) in [7, 11) is 0. The highest BCUT2D eigenvalue weighted by atomic mass is 19.4. The van der Waals surface area contributed by atoms with E-state index in [4.69, 9.17) is 0 Å². The van der Waals surface area contributed by atoms with Gasteiger partial charge in [0.05, 0.1) is 5.52 Å². The zero-order valence-electron chi connectivity index (χ0n) is 20.4. The van der Waals surface area contributed by atoms with Crippen molar-refractivity contribution in [3.63, 3.8) is 0 Å². The number of halogens is 3. The molecule has 4 rings (SSSR count). The zero-order valence-corrected chi connectivity index (χ0v) is 20.4. The lowest BCUT2D eigenvalue weighted by Crippen LogP contribution is -2.56. The Balaban J connectivity index is 1.66. The van der Waals surface area contributed by atoms with Crippen molar-refractivity contribution in [2.75, 3.05) is 6.54 Å². The highest BCUT2D eigenvalue weighted by Crippen LogP contribution is 2.31. The van der Waals surface area contributed by atoms with Gasteiger partial charge in [0.15, 0.2) is 0 Å². The van der Waals surface area contributed by atoms with Crippen LogP contribution in [0.1, 0.15) is 37.8 Å². The van der Waals surface area contributed by atoms with Crippen LogP contribution in [0.15, 0.2) is 66.9 Å². The second-order valence-corrected chi connectivity index (χ2v) is 9.63. The van der Waals surface area contributed by atoms with Crippen molar-refractivity contribution in [3.05, 3.63) is 78.0 Å². The number of likely N-dealkylation sites (tertiary alicyclic amines) is 1. The van der Waals surface area contributed by atoms with Gasteiger partial charge in [0.1, 0.15) is 0 Å². The van der Waals surface area contributed by atoms with Gasteiger partial charge in [-0.15, -0.1) is 0 Å². The summed E-state index contributed by atoms with van der Waals surface area (Å²) in [5.74, 6) is -2.10. The molecule has 0 bridgehead atoms. The van der Waals surface area contributed by atoms with Crippen molar-refractivity contribution >= 4 is 22.7 Å².